The van der Waals surface area contributed by atoms with E-state index in [1.54, 1.807) is 31.4 Å². The predicted molar refractivity (Wildman–Crippen MR) is 66.3 cm³/mol. The van der Waals surface area contributed by atoms with Gasteiger partial charge in [0.1, 0.15) is 12.9 Å². The second-order valence-electron chi connectivity index (χ2n) is 3.34. The van der Waals surface area contributed by atoms with Crippen molar-refractivity contribution in [2.75, 3.05) is 28.4 Å². The van der Waals surface area contributed by atoms with Crippen LogP contribution in [0.25, 0.3) is 0 Å². The molecule has 0 aliphatic carbocycles. The van der Waals surface area contributed by atoms with Gasteiger partial charge in [-0.1, -0.05) is 17.3 Å². The largest absolute Gasteiger partial charge is 0.497 e. The van der Waals surface area contributed by atoms with Crippen molar-refractivity contribution in [2.24, 2.45) is 5.16 Å². The van der Waals surface area contributed by atoms with Gasteiger partial charge in [-0.2, -0.15) is 0 Å². The monoisotopic (exact) mass is 252 g/mol. The number of amides is 1. The van der Waals surface area contributed by atoms with Crippen LogP contribution in [-0.4, -0.2) is 45.1 Å². The van der Waals surface area contributed by atoms with Gasteiger partial charge < -0.3 is 9.57 Å². The average Bonchev–Trinajstić information content (AvgIpc) is 2.43. The van der Waals surface area contributed by atoms with Crippen molar-refractivity contribution in [1.29, 1.82) is 0 Å². The maximum atomic E-state index is 12.0. The third kappa shape index (κ3) is 3.21. The van der Waals surface area contributed by atoms with Crippen LogP contribution in [-0.2, 0) is 14.5 Å². The van der Waals surface area contributed by atoms with Gasteiger partial charge in [-0.15, -0.1) is 0 Å². The molecule has 1 amide bonds. The average molecular weight is 252 g/mol. The Balaban J connectivity index is 3.12. The van der Waals surface area contributed by atoms with Gasteiger partial charge in [0.2, 0.25) is 0 Å². The number of carbonyl (C=O) groups is 1. The molecule has 1 aromatic carbocycles. The van der Waals surface area contributed by atoms with E-state index in [1.165, 1.54) is 21.3 Å². The summed E-state index contributed by atoms with van der Waals surface area (Å²) in [6, 6.07) is 6.97. The molecule has 0 aliphatic rings. The summed E-state index contributed by atoms with van der Waals surface area (Å²) >= 11 is 0. The second-order valence-corrected chi connectivity index (χ2v) is 3.34. The van der Waals surface area contributed by atoms with E-state index in [-0.39, 0.29) is 5.71 Å². The molecule has 0 bridgehead atoms. The number of oxime groups is 1. The lowest BCUT2D eigenvalue weighted by Crippen LogP contribution is -2.33. The summed E-state index contributed by atoms with van der Waals surface area (Å²) in [5.41, 5.74) is 0.728. The lowest BCUT2D eigenvalue weighted by molar-refractivity contribution is -0.160. The highest BCUT2D eigenvalue weighted by Crippen LogP contribution is 2.14. The normalized spacial score (nSPS) is 11.0. The molecule has 0 aliphatic heterocycles. The van der Waals surface area contributed by atoms with Crippen molar-refractivity contribution in [1.82, 2.24) is 5.06 Å². The fourth-order valence-electron chi connectivity index (χ4n) is 1.31. The molecular weight excluding hydrogens is 236 g/mol. The molecule has 6 nitrogen and oxygen atoms in total. The molecule has 1 aromatic rings. The number of rotatable bonds is 5. The molecule has 0 radical (unpaired) electrons. The number of methoxy groups -OCH3 is 1. The summed E-state index contributed by atoms with van der Waals surface area (Å²) in [5.74, 6) is 0.219. The van der Waals surface area contributed by atoms with Gasteiger partial charge in [0.05, 0.1) is 14.2 Å². The van der Waals surface area contributed by atoms with Crippen molar-refractivity contribution in [3.63, 3.8) is 0 Å². The summed E-state index contributed by atoms with van der Waals surface area (Å²) in [6.45, 7) is 0. The highest BCUT2D eigenvalue weighted by molar-refractivity contribution is 6.44. The molecule has 98 valence electrons. The van der Waals surface area contributed by atoms with Gasteiger partial charge in [-0.25, -0.2) is 5.06 Å². The third-order valence-corrected chi connectivity index (χ3v) is 2.29. The van der Waals surface area contributed by atoms with Crippen LogP contribution in [0.4, 0.5) is 0 Å². The standard InChI is InChI=1S/C12H16N2O4/c1-14(18-4)12(15)11(13-17-3)9-6-5-7-10(8-9)16-2/h5-8H,1-4H3/b13-11+. The van der Waals surface area contributed by atoms with Crippen LogP contribution in [0.15, 0.2) is 29.4 Å². The van der Waals surface area contributed by atoms with Crippen molar-refractivity contribution in [2.45, 2.75) is 0 Å². The first-order valence-corrected chi connectivity index (χ1v) is 5.21. The fourth-order valence-corrected chi connectivity index (χ4v) is 1.31. The number of likely N-dealkylation sites (N-methyl/N-ethyl adjacent to an activating group) is 1. The summed E-state index contributed by atoms with van der Waals surface area (Å²) in [4.78, 5) is 21.5. The van der Waals surface area contributed by atoms with Gasteiger partial charge in [0, 0.05) is 12.6 Å². The van der Waals surface area contributed by atoms with Crippen LogP contribution in [0.1, 0.15) is 5.56 Å². The summed E-state index contributed by atoms with van der Waals surface area (Å²) in [5, 5.41) is 4.80. The lowest BCUT2D eigenvalue weighted by atomic mass is 10.1. The SMILES string of the molecule is CO/N=C(/C(=O)N(C)OC)c1cccc(OC)c1. The number of hydrogen-bond donors (Lipinski definition) is 0. The number of hydrogen-bond acceptors (Lipinski definition) is 5. The zero-order chi connectivity index (χ0) is 13.5. The molecule has 1 rings (SSSR count). The maximum Gasteiger partial charge on any atom is 0.299 e. The zero-order valence-corrected chi connectivity index (χ0v) is 10.8. The molecule has 18 heavy (non-hydrogen) atoms. The Morgan fingerprint density at radius 1 is 1.28 bits per heavy atom. The van der Waals surface area contributed by atoms with Crippen LogP contribution in [0.2, 0.25) is 0 Å². The van der Waals surface area contributed by atoms with Crippen LogP contribution < -0.4 is 4.74 Å². The van der Waals surface area contributed by atoms with Crippen LogP contribution in [0.5, 0.6) is 5.75 Å². The molecule has 0 N–H and O–H groups in total. The zero-order valence-electron chi connectivity index (χ0n) is 10.8. The Morgan fingerprint density at radius 3 is 2.56 bits per heavy atom. The van der Waals surface area contributed by atoms with Crippen LogP contribution in [0.3, 0.4) is 0 Å². The molecule has 0 unspecified atom stereocenters. The molecule has 0 heterocycles. The van der Waals surface area contributed by atoms with E-state index >= 15 is 0 Å². The van der Waals surface area contributed by atoms with Crippen molar-refractivity contribution in [3.8, 4) is 5.75 Å². The van der Waals surface area contributed by atoms with E-state index < -0.39 is 5.91 Å². The van der Waals surface area contributed by atoms with Crippen molar-refractivity contribution in [3.05, 3.63) is 29.8 Å². The molecule has 0 atom stereocenters. The van der Waals surface area contributed by atoms with E-state index in [0.717, 1.165) is 5.06 Å². The van der Waals surface area contributed by atoms with Gasteiger partial charge in [0.15, 0.2) is 5.71 Å². The third-order valence-electron chi connectivity index (χ3n) is 2.29. The number of hydroxylamine groups is 2. The van der Waals surface area contributed by atoms with Crippen LogP contribution in [0, 0.1) is 0 Å². The Hall–Kier alpha value is -2.08. The van der Waals surface area contributed by atoms with E-state index in [9.17, 15) is 4.79 Å². The quantitative estimate of drug-likeness (QED) is 0.581. The van der Waals surface area contributed by atoms with Crippen molar-refractivity contribution < 1.29 is 19.2 Å². The maximum absolute atomic E-state index is 12.0. The summed E-state index contributed by atoms with van der Waals surface area (Å²) in [6.07, 6.45) is 0. The first kappa shape index (κ1) is 14.0. The molecule has 0 aromatic heterocycles. The first-order chi connectivity index (χ1) is 8.63. The van der Waals surface area contributed by atoms with Gasteiger partial charge >= 0.3 is 0 Å². The highest BCUT2D eigenvalue weighted by Gasteiger charge is 2.20. The minimum atomic E-state index is -0.410. The fraction of sp³-hybridized carbons (Fsp3) is 0.333. The Labute approximate surface area is 106 Å². The second kappa shape index (κ2) is 6.61. The van der Waals surface area contributed by atoms with Gasteiger partial charge in [-0.3, -0.25) is 9.63 Å². The number of nitrogens with zero attached hydrogens (tertiary/aromatic N) is 2. The smallest absolute Gasteiger partial charge is 0.299 e. The lowest BCUT2D eigenvalue weighted by Gasteiger charge is -2.15. The molecular formula is C12H16N2O4. The molecule has 0 saturated heterocycles. The number of benzene rings is 1. The first-order valence-electron chi connectivity index (χ1n) is 5.21. The van der Waals surface area contributed by atoms with Gasteiger partial charge in [-0.05, 0) is 12.1 Å². The number of carbonyl (C=O) groups excluding carboxylic acids is 1. The summed E-state index contributed by atoms with van der Waals surface area (Å²) in [7, 11) is 5.82. The molecule has 0 spiro atoms. The Morgan fingerprint density at radius 2 is 2.00 bits per heavy atom. The van der Waals surface area contributed by atoms with Gasteiger partial charge in [0.25, 0.3) is 5.91 Å². The minimum Gasteiger partial charge on any atom is -0.497 e. The Kier molecular flexibility index (Phi) is 5.13. The summed E-state index contributed by atoms with van der Waals surface area (Å²) < 4.78 is 5.10. The van der Waals surface area contributed by atoms with Crippen LogP contribution >= 0.6 is 0 Å². The predicted octanol–water partition coefficient (Wildman–Crippen LogP) is 1.07. The van der Waals surface area contributed by atoms with Crippen molar-refractivity contribution >= 4 is 11.6 Å². The van der Waals surface area contributed by atoms with E-state index in [0.29, 0.717) is 11.3 Å². The van der Waals surface area contributed by atoms with E-state index in [1.807, 2.05) is 0 Å². The highest BCUT2D eigenvalue weighted by atomic mass is 16.7. The topological polar surface area (TPSA) is 60.4 Å². The van der Waals surface area contributed by atoms with E-state index in [2.05, 4.69) is 5.16 Å². The minimum absolute atomic E-state index is 0.140. The molecule has 6 heteroatoms. The molecule has 0 fully saturated rings. The number of ether oxygens (including phenoxy) is 1. The Bertz CT molecular complexity index is 445. The molecule has 0 saturated carbocycles. The van der Waals surface area contributed by atoms with E-state index in [4.69, 9.17) is 14.4 Å².